The summed E-state index contributed by atoms with van der Waals surface area (Å²) in [5.41, 5.74) is 5.98. The number of rotatable bonds is 4. The van der Waals surface area contributed by atoms with Gasteiger partial charge in [-0.2, -0.15) is 0 Å². The van der Waals surface area contributed by atoms with Crippen LogP contribution >= 0.6 is 11.3 Å². The lowest BCUT2D eigenvalue weighted by Crippen LogP contribution is -2.41. The Balaban J connectivity index is 1.68. The first kappa shape index (κ1) is 10.1. The average Bonchev–Trinajstić information content (AvgIpc) is 2.78. The molecule has 0 aromatic carbocycles. The molecule has 0 aliphatic heterocycles. The van der Waals surface area contributed by atoms with E-state index >= 15 is 0 Å². The van der Waals surface area contributed by atoms with E-state index in [1.165, 1.54) is 24.1 Å². The van der Waals surface area contributed by atoms with Crippen LogP contribution in [0.4, 0.5) is 0 Å². The summed E-state index contributed by atoms with van der Waals surface area (Å²) in [4.78, 5) is 1.46. The molecule has 0 unspecified atom stereocenters. The van der Waals surface area contributed by atoms with Crippen LogP contribution in [0.5, 0.6) is 0 Å². The molecule has 0 amide bonds. The Hall–Kier alpha value is -0.380. The van der Waals surface area contributed by atoms with Gasteiger partial charge in [0.1, 0.15) is 0 Å². The zero-order chi connectivity index (χ0) is 9.80. The molecule has 0 bridgehead atoms. The Morgan fingerprint density at radius 1 is 1.50 bits per heavy atom. The minimum Gasteiger partial charge on any atom is -0.326 e. The van der Waals surface area contributed by atoms with Gasteiger partial charge in [0.25, 0.3) is 0 Å². The van der Waals surface area contributed by atoms with Gasteiger partial charge in [-0.3, -0.25) is 0 Å². The maximum absolute atomic E-state index is 5.98. The summed E-state index contributed by atoms with van der Waals surface area (Å²) in [5, 5.41) is 5.69. The summed E-state index contributed by atoms with van der Waals surface area (Å²) >= 11 is 1.83. The smallest absolute Gasteiger partial charge is 0.0219 e. The summed E-state index contributed by atoms with van der Waals surface area (Å²) < 4.78 is 0. The van der Waals surface area contributed by atoms with Crippen LogP contribution in [-0.2, 0) is 6.42 Å². The summed E-state index contributed by atoms with van der Waals surface area (Å²) in [5.74, 6) is 0. The molecule has 2 nitrogen and oxygen atoms in total. The molecule has 1 heterocycles. The van der Waals surface area contributed by atoms with E-state index in [1.54, 1.807) is 0 Å². The van der Waals surface area contributed by atoms with Crippen molar-refractivity contribution in [2.75, 3.05) is 6.54 Å². The zero-order valence-corrected chi connectivity index (χ0v) is 9.22. The molecule has 0 radical (unpaired) electrons. The molecule has 1 aromatic rings. The van der Waals surface area contributed by atoms with Crippen molar-refractivity contribution in [3.63, 3.8) is 0 Å². The van der Waals surface area contributed by atoms with Crippen LogP contribution in [0.2, 0.25) is 0 Å². The fraction of sp³-hybridized carbons (Fsp3) is 0.636. The van der Waals surface area contributed by atoms with Crippen LogP contribution < -0.4 is 11.1 Å². The lowest BCUT2D eigenvalue weighted by atomic mass is 10.2. The summed E-state index contributed by atoms with van der Waals surface area (Å²) in [6.45, 7) is 1.07. The molecule has 14 heavy (non-hydrogen) atoms. The van der Waals surface area contributed by atoms with Gasteiger partial charge in [-0.15, -0.1) is 11.3 Å². The average molecular weight is 210 g/mol. The van der Waals surface area contributed by atoms with E-state index in [4.69, 9.17) is 5.73 Å². The third-order valence-corrected chi connectivity index (χ3v) is 3.86. The predicted molar refractivity (Wildman–Crippen MR) is 61.6 cm³/mol. The number of nitrogens with one attached hydrogen (secondary N) is 1. The first-order valence-corrected chi connectivity index (χ1v) is 6.25. The summed E-state index contributed by atoms with van der Waals surface area (Å²) in [7, 11) is 0. The van der Waals surface area contributed by atoms with Gasteiger partial charge in [0.15, 0.2) is 0 Å². The predicted octanol–water partition coefficient (Wildman–Crippen LogP) is 1.76. The highest BCUT2D eigenvalue weighted by molar-refractivity contribution is 7.09. The molecule has 2 atom stereocenters. The minimum atomic E-state index is 0.387. The Morgan fingerprint density at radius 2 is 2.43 bits per heavy atom. The second-order valence-electron chi connectivity index (χ2n) is 3.98. The first-order chi connectivity index (χ1) is 6.86. The topological polar surface area (TPSA) is 38.0 Å². The Kier molecular flexibility index (Phi) is 3.56. The van der Waals surface area contributed by atoms with Crippen molar-refractivity contribution >= 4 is 11.3 Å². The van der Waals surface area contributed by atoms with E-state index in [9.17, 15) is 0 Å². The second kappa shape index (κ2) is 4.91. The monoisotopic (exact) mass is 210 g/mol. The summed E-state index contributed by atoms with van der Waals surface area (Å²) in [6.07, 6.45) is 4.88. The van der Waals surface area contributed by atoms with Crippen molar-refractivity contribution in [1.82, 2.24) is 5.32 Å². The third-order valence-electron chi connectivity index (χ3n) is 2.93. The zero-order valence-electron chi connectivity index (χ0n) is 8.41. The normalized spacial score (nSPS) is 26.9. The van der Waals surface area contributed by atoms with Crippen molar-refractivity contribution in [1.29, 1.82) is 0 Å². The van der Waals surface area contributed by atoms with Gasteiger partial charge in [0.2, 0.25) is 0 Å². The van der Waals surface area contributed by atoms with Crippen molar-refractivity contribution in [3.8, 4) is 0 Å². The molecule has 1 aromatic heterocycles. The Bertz CT molecular complexity index is 258. The molecule has 1 aliphatic carbocycles. The van der Waals surface area contributed by atoms with E-state index in [2.05, 4.69) is 22.8 Å². The van der Waals surface area contributed by atoms with Crippen LogP contribution in [-0.4, -0.2) is 18.6 Å². The molecule has 1 saturated carbocycles. The molecule has 1 aliphatic rings. The van der Waals surface area contributed by atoms with Gasteiger partial charge in [-0.25, -0.2) is 0 Å². The van der Waals surface area contributed by atoms with E-state index in [1.807, 2.05) is 11.3 Å². The number of thiophene rings is 1. The highest BCUT2D eigenvalue weighted by Gasteiger charge is 2.22. The van der Waals surface area contributed by atoms with Gasteiger partial charge < -0.3 is 11.1 Å². The maximum Gasteiger partial charge on any atom is 0.0219 e. The van der Waals surface area contributed by atoms with Gasteiger partial charge in [-0.05, 0) is 30.7 Å². The molecular formula is C11H18N2S. The molecule has 2 rings (SSSR count). The lowest BCUT2D eigenvalue weighted by Gasteiger charge is -2.16. The molecule has 1 fully saturated rings. The van der Waals surface area contributed by atoms with Crippen molar-refractivity contribution in [3.05, 3.63) is 22.4 Å². The van der Waals surface area contributed by atoms with Gasteiger partial charge in [0.05, 0.1) is 0 Å². The van der Waals surface area contributed by atoms with Crippen LogP contribution in [0, 0.1) is 0 Å². The standard InChI is InChI=1S/C11H18N2S/c12-10-4-1-5-11(10)13-7-6-9-3-2-8-14-9/h2-3,8,10-11,13H,1,4-7,12H2/t10-,11+/m1/s1. The fourth-order valence-electron chi connectivity index (χ4n) is 2.08. The van der Waals surface area contributed by atoms with Gasteiger partial charge in [0, 0.05) is 23.5 Å². The largest absolute Gasteiger partial charge is 0.326 e. The van der Waals surface area contributed by atoms with Crippen LogP contribution in [0.25, 0.3) is 0 Å². The van der Waals surface area contributed by atoms with Crippen LogP contribution in [0.1, 0.15) is 24.1 Å². The molecule has 78 valence electrons. The molecule has 0 saturated heterocycles. The van der Waals surface area contributed by atoms with Crippen molar-refractivity contribution in [2.24, 2.45) is 5.73 Å². The SMILES string of the molecule is N[C@@H]1CCC[C@@H]1NCCc1cccs1. The number of nitrogens with two attached hydrogens (primary N) is 1. The van der Waals surface area contributed by atoms with Crippen molar-refractivity contribution in [2.45, 2.75) is 37.8 Å². The first-order valence-electron chi connectivity index (χ1n) is 5.37. The number of hydrogen-bond donors (Lipinski definition) is 2. The lowest BCUT2D eigenvalue weighted by molar-refractivity contribution is 0.480. The molecule has 3 N–H and O–H groups in total. The second-order valence-corrected chi connectivity index (χ2v) is 5.02. The Morgan fingerprint density at radius 3 is 3.07 bits per heavy atom. The quantitative estimate of drug-likeness (QED) is 0.794. The molecule has 3 heteroatoms. The molecular weight excluding hydrogens is 192 g/mol. The van der Waals surface area contributed by atoms with E-state index in [-0.39, 0.29) is 0 Å². The van der Waals surface area contributed by atoms with Crippen LogP contribution in [0.3, 0.4) is 0 Å². The van der Waals surface area contributed by atoms with E-state index < -0.39 is 0 Å². The van der Waals surface area contributed by atoms with Crippen LogP contribution in [0.15, 0.2) is 17.5 Å². The fourth-order valence-corrected chi connectivity index (χ4v) is 2.79. The van der Waals surface area contributed by atoms with E-state index in [0.29, 0.717) is 12.1 Å². The summed E-state index contributed by atoms with van der Waals surface area (Å²) in [6, 6.07) is 5.26. The van der Waals surface area contributed by atoms with Gasteiger partial charge >= 0.3 is 0 Å². The maximum atomic E-state index is 5.98. The van der Waals surface area contributed by atoms with E-state index in [0.717, 1.165) is 13.0 Å². The Labute approximate surface area is 89.5 Å². The molecule has 0 spiro atoms. The highest BCUT2D eigenvalue weighted by Crippen LogP contribution is 2.17. The highest BCUT2D eigenvalue weighted by atomic mass is 32.1. The third kappa shape index (κ3) is 2.56. The minimum absolute atomic E-state index is 0.387. The van der Waals surface area contributed by atoms with Gasteiger partial charge in [-0.1, -0.05) is 12.5 Å². The number of hydrogen-bond acceptors (Lipinski definition) is 3. The van der Waals surface area contributed by atoms with Crippen molar-refractivity contribution < 1.29 is 0 Å².